The topological polar surface area (TPSA) is 35.6 Å². The Morgan fingerprint density at radius 1 is 1.00 bits per heavy atom. The van der Waals surface area contributed by atoms with Gasteiger partial charge in [0.1, 0.15) is 5.82 Å². The molecule has 2 aromatic rings. The average Bonchev–Trinajstić information content (AvgIpc) is 3.06. The minimum atomic E-state index is -0.0946. The van der Waals surface area contributed by atoms with Crippen molar-refractivity contribution in [2.45, 2.75) is 39.3 Å². The summed E-state index contributed by atoms with van der Waals surface area (Å²) in [5.41, 5.74) is 3.25. The monoisotopic (exact) mass is 395 g/mol. The Hall–Kier alpha value is -2.24. The first-order valence-electron chi connectivity index (χ1n) is 10.6. The van der Waals surface area contributed by atoms with E-state index in [-0.39, 0.29) is 11.7 Å². The highest BCUT2D eigenvalue weighted by Gasteiger charge is 2.41. The van der Waals surface area contributed by atoms with Crippen LogP contribution in [0.4, 0.5) is 10.1 Å². The number of hydrogen-bond donors (Lipinski definition) is 1. The standard InChI is InChI=1S/C24H30FN3O/c1-19(29)26-22-9-7-20(8-10-22)15-28-14-12-24(18-28)11-4-13-27(17-24)16-21-5-2-3-6-23(21)25/h2-3,5-10H,4,11-18H2,1H3,(H,26,29)/t24-/m0/s1. The summed E-state index contributed by atoms with van der Waals surface area (Å²) >= 11 is 0. The highest BCUT2D eigenvalue weighted by Crippen LogP contribution is 2.40. The van der Waals surface area contributed by atoms with Gasteiger partial charge in [-0.1, -0.05) is 30.3 Å². The van der Waals surface area contributed by atoms with E-state index in [9.17, 15) is 9.18 Å². The molecular formula is C24H30FN3O. The third kappa shape index (κ3) is 5.03. The van der Waals surface area contributed by atoms with Crippen molar-refractivity contribution in [1.29, 1.82) is 0 Å². The summed E-state index contributed by atoms with van der Waals surface area (Å²) in [6.45, 7) is 7.50. The van der Waals surface area contributed by atoms with E-state index in [0.29, 0.717) is 12.0 Å². The molecule has 0 unspecified atom stereocenters. The third-order valence-corrected chi connectivity index (χ3v) is 6.29. The van der Waals surface area contributed by atoms with Gasteiger partial charge in [0, 0.05) is 44.4 Å². The molecule has 1 N–H and O–H groups in total. The van der Waals surface area contributed by atoms with Crippen LogP contribution in [0.25, 0.3) is 0 Å². The van der Waals surface area contributed by atoms with Crippen LogP contribution in [0.3, 0.4) is 0 Å². The van der Waals surface area contributed by atoms with Crippen molar-refractivity contribution in [3.8, 4) is 0 Å². The van der Waals surface area contributed by atoms with E-state index in [1.165, 1.54) is 31.7 Å². The summed E-state index contributed by atoms with van der Waals surface area (Å²) < 4.78 is 14.1. The molecule has 1 atom stereocenters. The minimum absolute atomic E-state index is 0.0449. The maximum absolute atomic E-state index is 14.1. The van der Waals surface area contributed by atoms with Gasteiger partial charge in [-0.2, -0.15) is 0 Å². The maximum atomic E-state index is 14.1. The van der Waals surface area contributed by atoms with Gasteiger partial charge in [0.25, 0.3) is 0 Å². The maximum Gasteiger partial charge on any atom is 0.221 e. The molecule has 4 rings (SSSR count). The Balaban J connectivity index is 1.34. The number of anilines is 1. The number of nitrogens with one attached hydrogen (secondary N) is 1. The van der Waals surface area contributed by atoms with Gasteiger partial charge in [0.05, 0.1) is 0 Å². The van der Waals surface area contributed by atoms with E-state index < -0.39 is 0 Å². The highest BCUT2D eigenvalue weighted by molar-refractivity contribution is 5.88. The van der Waals surface area contributed by atoms with Crippen LogP contribution in [-0.2, 0) is 17.9 Å². The van der Waals surface area contributed by atoms with Crippen molar-refractivity contribution in [1.82, 2.24) is 9.80 Å². The van der Waals surface area contributed by atoms with Gasteiger partial charge in [0.15, 0.2) is 0 Å². The Labute approximate surface area is 172 Å². The van der Waals surface area contributed by atoms with Crippen LogP contribution in [0.5, 0.6) is 0 Å². The molecule has 0 saturated carbocycles. The van der Waals surface area contributed by atoms with Gasteiger partial charge >= 0.3 is 0 Å². The van der Waals surface area contributed by atoms with Crippen molar-refractivity contribution < 1.29 is 9.18 Å². The Bertz CT molecular complexity index is 853. The second kappa shape index (κ2) is 8.64. The largest absolute Gasteiger partial charge is 0.326 e. The smallest absolute Gasteiger partial charge is 0.221 e. The molecule has 29 heavy (non-hydrogen) atoms. The molecule has 2 heterocycles. The lowest BCUT2D eigenvalue weighted by molar-refractivity contribution is -0.114. The molecule has 2 aliphatic rings. The van der Waals surface area contributed by atoms with Crippen LogP contribution in [-0.4, -0.2) is 41.9 Å². The molecule has 2 aromatic carbocycles. The first kappa shape index (κ1) is 20.0. The van der Waals surface area contributed by atoms with Crippen molar-refractivity contribution in [3.63, 3.8) is 0 Å². The van der Waals surface area contributed by atoms with Gasteiger partial charge in [-0.3, -0.25) is 14.6 Å². The molecule has 2 saturated heterocycles. The van der Waals surface area contributed by atoms with Crippen molar-refractivity contribution in [3.05, 3.63) is 65.5 Å². The summed E-state index contributed by atoms with van der Waals surface area (Å²) in [6, 6.07) is 15.3. The molecule has 1 spiro atoms. The Morgan fingerprint density at radius 3 is 2.45 bits per heavy atom. The minimum Gasteiger partial charge on any atom is -0.326 e. The van der Waals surface area contributed by atoms with Gasteiger partial charge in [0.2, 0.25) is 5.91 Å². The number of piperidine rings is 1. The van der Waals surface area contributed by atoms with E-state index >= 15 is 0 Å². The Kier molecular flexibility index (Phi) is 5.97. The molecule has 2 aliphatic heterocycles. The fraction of sp³-hybridized carbons (Fsp3) is 0.458. The summed E-state index contributed by atoms with van der Waals surface area (Å²) in [5.74, 6) is -0.139. The zero-order chi connectivity index (χ0) is 20.3. The summed E-state index contributed by atoms with van der Waals surface area (Å²) in [7, 11) is 0. The molecule has 0 aliphatic carbocycles. The summed E-state index contributed by atoms with van der Waals surface area (Å²) in [5, 5.41) is 2.82. The number of hydrogen-bond acceptors (Lipinski definition) is 3. The molecule has 2 fully saturated rings. The number of carbonyl (C=O) groups is 1. The first-order chi connectivity index (χ1) is 14.0. The zero-order valence-electron chi connectivity index (χ0n) is 17.2. The van der Waals surface area contributed by atoms with E-state index in [2.05, 4.69) is 27.2 Å². The van der Waals surface area contributed by atoms with Crippen molar-refractivity contribution in [2.24, 2.45) is 5.41 Å². The fourth-order valence-corrected chi connectivity index (χ4v) is 4.96. The SMILES string of the molecule is CC(=O)Nc1ccc(CN2CC[C@]3(CCCN(Cc4ccccc4F)C3)C2)cc1. The second-order valence-electron chi connectivity index (χ2n) is 8.74. The first-order valence-corrected chi connectivity index (χ1v) is 10.6. The molecule has 0 bridgehead atoms. The third-order valence-electron chi connectivity index (χ3n) is 6.29. The number of carbonyl (C=O) groups excluding carboxylic acids is 1. The molecule has 5 heteroatoms. The quantitative estimate of drug-likeness (QED) is 0.821. The van der Waals surface area contributed by atoms with Crippen LogP contribution >= 0.6 is 0 Å². The molecule has 1 amide bonds. The van der Waals surface area contributed by atoms with Crippen molar-refractivity contribution in [2.75, 3.05) is 31.5 Å². The number of nitrogens with zero attached hydrogens (tertiary/aromatic N) is 2. The molecule has 0 aromatic heterocycles. The zero-order valence-corrected chi connectivity index (χ0v) is 17.2. The number of amides is 1. The highest BCUT2D eigenvalue weighted by atomic mass is 19.1. The molecular weight excluding hydrogens is 365 g/mol. The van der Waals surface area contributed by atoms with Crippen molar-refractivity contribution >= 4 is 11.6 Å². The van der Waals surface area contributed by atoms with E-state index in [4.69, 9.17) is 0 Å². The number of benzene rings is 2. The van der Waals surface area contributed by atoms with Crippen LogP contribution < -0.4 is 5.32 Å². The van der Waals surface area contributed by atoms with Gasteiger partial charge < -0.3 is 5.32 Å². The predicted octanol–water partition coefficient (Wildman–Crippen LogP) is 4.27. The Morgan fingerprint density at radius 2 is 1.72 bits per heavy atom. The summed E-state index contributed by atoms with van der Waals surface area (Å²) in [4.78, 5) is 16.1. The van der Waals surface area contributed by atoms with Gasteiger partial charge in [-0.15, -0.1) is 0 Å². The van der Waals surface area contributed by atoms with Gasteiger partial charge in [-0.25, -0.2) is 4.39 Å². The van der Waals surface area contributed by atoms with E-state index in [1.807, 2.05) is 24.3 Å². The molecule has 4 nitrogen and oxygen atoms in total. The van der Waals surface area contributed by atoms with Crippen LogP contribution in [0.2, 0.25) is 0 Å². The van der Waals surface area contributed by atoms with Crippen LogP contribution in [0.15, 0.2) is 48.5 Å². The lowest BCUT2D eigenvalue weighted by Gasteiger charge is -2.40. The van der Waals surface area contributed by atoms with Gasteiger partial charge in [-0.05, 0) is 61.5 Å². The van der Waals surface area contributed by atoms with Crippen LogP contribution in [0.1, 0.15) is 37.3 Å². The van der Waals surface area contributed by atoms with Crippen LogP contribution in [0, 0.1) is 11.2 Å². The molecule has 154 valence electrons. The predicted molar refractivity (Wildman–Crippen MR) is 114 cm³/mol. The lowest BCUT2D eigenvalue weighted by atomic mass is 9.79. The lowest BCUT2D eigenvalue weighted by Crippen LogP contribution is -2.44. The summed E-state index contributed by atoms with van der Waals surface area (Å²) in [6.07, 6.45) is 3.66. The normalized spacial score (nSPS) is 22.8. The number of rotatable bonds is 5. The number of halogens is 1. The second-order valence-corrected chi connectivity index (χ2v) is 8.74. The van der Waals surface area contributed by atoms with E-state index in [1.54, 1.807) is 12.1 Å². The molecule has 0 radical (unpaired) electrons. The van der Waals surface area contributed by atoms with E-state index in [0.717, 1.165) is 44.0 Å². The number of likely N-dealkylation sites (tertiary alicyclic amines) is 2. The fourth-order valence-electron chi connectivity index (χ4n) is 4.96. The average molecular weight is 396 g/mol.